The molecule has 0 fully saturated rings. The minimum Gasteiger partial charge on any atom is -0.354 e. The van der Waals surface area contributed by atoms with Crippen LogP contribution in [0.25, 0.3) is 0 Å². The van der Waals surface area contributed by atoms with Crippen LogP contribution in [-0.4, -0.2) is 25.4 Å². The molecule has 2 heterocycles. The first kappa shape index (κ1) is 18.4. The van der Waals surface area contributed by atoms with Crippen molar-refractivity contribution in [2.75, 3.05) is 13.6 Å². The van der Waals surface area contributed by atoms with Gasteiger partial charge in [-0.05, 0) is 44.5 Å². The molecule has 0 radical (unpaired) electrons. The van der Waals surface area contributed by atoms with Crippen LogP contribution < -0.4 is 10.6 Å². The van der Waals surface area contributed by atoms with E-state index in [9.17, 15) is 9.59 Å². The molecule has 4 nitrogen and oxygen atoms in total. The zero-order chi connectivity index (χ0) is 16.5. The second kappa shape index (κ2) is 9.38. The van der Waals surface area contributed by atoms with E-state index in [0.29, 0.717) is 6.54 Å². The molecular weight excluding hydrogens is 316 g/mol. The molecule has 2 aromatic rings. The molecule has 0 aliphatic heterocycles. The Labute approximate surface area is 139 Å². The van der Waals surface area contributed by atoms with Crippen molar-refractivity contribution in [3.8, 4) is 0 Å². The number of aryl methyl sites for hydroxylation is 2. The molecule has 0 aromatic carbocycles. The first-order chi connectivity index (χ1) is 10.5. The monoisotopic (exact) mass is 338 g/mol. The van der Waals surface area contributed by atoms with E-state index in [-0.39, 0.29) is 11.8 Å². The third-order valence-corrected chi connectivity index (χ3v) is 4.99. The third-order valence-electron chi connectivity index (χ3n) is 2.76. The highest BCUT2D eigenvalue weighted by atomic mass is 32.1. The molecule has 0 unspecified atom stereocenters. The number of hydrogen-bond acceptors (Lipinski definition) is 4. The molecule has 2 N–H and O–H groups in total. The van der Waals surface area contributed by atoms with Gasteiger partial charge < -0.3 is 10.6 Å². The molecule has 2 rings (SSSR count). The van der Waals surface area contributed by atoms with Crippen molar-refractivity contribution in [1.29, 1.82) is 0 Å². The van der Waals surface area contributed by atoms with Crippen LogP contribution in [0.4, 0.5) is 0 Å². The maximum absolute atomic E-state index is 11.3. The van der Waals surface area contributed by atoms with Gasteiger partial charge in [0.15, 0.2) is 0 Å². The van der Waals surface area contributed by atoms with Crippen LogP contribution in [0.2, 0.25) is 0 Å². The summed E-state index contributed by atoms with van der Waals surface area (Å²) >= 11 is 3.08. The number of hydrogen-bond donors (Lipinski definition) is 2. The molecule has 0 aliphatic carbocycles. The van der Waals surface area contributed by atoms with Crippen LogP contribution in [0.3, 0.4) is 0 Å². The van der Waals surface area contributed by atoms with E-state index in [2.05, 4.69) is 17.6 Å². The fourth-order valence-corrected chi connectivity index (χ4v) is 3.30. The summed E-state index contributed by atoms with van der Waals surface area (Å²) in [6.45, 7) is 6.69. The molecule has 0 bridgehead atoms. The van der Waals surface area contributed by atoms with Crippen molar-refractivity contribution < 1.29 is 9.59 Å². The molecular formula is C16H22N2O2S2. The molecule has 2 amide bonds. The molecule has 0 saturated carbocycles. The van der Waals surface area contributed by atoms with Gasteiger partial charge in [-0.1, -0.05) is 6.92 Å². The van der Waals surface area contributed by atoms with Crippen molar-refractivity contribution >= 4 is 34.5 Å². The highest BCUT2D eigenvalue weighted by molar-refractivity contribution is 7.14. The van der Waals surface area contributed by atoms with Crippen molar-refractivity contribution in [1.82, 2.24) is 10.6 Å². The Morgan fingerprint density at radius 3 is 2.09 bits per heavy atom. The normalized spacial score (nSPS) is 9.64. The lowest BCUT2D eigenvalue weighted by Crippen LogP contribution is -2.21. The summed E-state index contributed by atoms with van der Waals surface area (Å²) in [4.78, 5) is 26.2. The van der Waals surface area contributed by atoms with E-state index in [0.717, 1.165) is 16.2 Å². The average Bonchev–Trinajstić information content (AvgIpc) is 3.16. The number of rotatable bonds is 4. The van der Waals surface area contributed by atoms with E-state index in [1.54, 1.807) is 18.4 Å². The lowest BCUT2D eigenvalue weighted by atomic mass is 10.3. The number of amides is 2. The zero-order valence-corrected chi connectivity index (χ0v) is 15.0. The Morgan fingerprint density at radius 1 is 1.00 bits per heavy atom. The Balaban J connectivity index is 0.000000224. The van der Waals surface area contributed by atoms with Crippen LogP contribution in [0.1, 0.15) is 42.9 Å². The summed E-state index contributed by atoms with van der Waals surface area (Å²) in [5, 5.41) is 5.34. The van der Waals surface area contributed by atoms with Gasteiger partial charge >= 0.3 is 0 Å². The van der Waals surface area contributed by atoms with Gasteiger partial charge in [-0.2, -0.15) is 0 Å². The minimum absolute atomic E-state index is 0.00176. The quantitative estimate of drug-likeness (QED) is 0.897. The Morgan fingerprint density at radius 2 is 1.64 bits per heavy atom. The molecule has 0 aliphatic rings. The first-order valence-corrected chi connectivity index (χ1v) is 8.80. The summed E-state index contributed by atoms with van der Waals surface area (Å²) in [6.07, 6.45) is 1.00. The smallest absolute Gasteiger partial charge is 0.261 e. The van der Waals surface area contributed by atoms with Crippen molar-refractivity contribution in [2.24, 2.45) is 0 Å². The van der Waals surface area contributed by atoms with Crippen molar-refractivity contribution in [2.45, 2.75) is 27.2 Å². The Bertz CT molecular complexity index is 617. The lowest BCUT2D eigenvalue weighted by Gasteiger charge is -1.96. The topological polar surface area (TPSA) is 58.2 Å². The molecule has 0 spiro atoms. The fraction of sp³-hybridized carbons (Fsp3) is 0.375. The Kier molecular flexibility index (Phi) is 7.84. The van der Waals surface area contributed by atoms with Crippen LogP contribution in [0.5, 0.6) is 0 Å². The number of nitrogens with one attached hydrogen (secondary N) is 2. The lowest BCUT2D eigenvalue weighted by molar-refractivity contribution is 0.0954. The second-order valence-electron chi connectivity index (χ2n) is 4.47. The highest BCUT2D eigenvalue weighted by Gasteiger charge is 2.06. The molecule has 22 heavy (non-hydrogen) atoms. The third kappa shape index (κ3) is 5.61. The summed E-state index contributed by atoms with van der Waals surface area (Å²) < 4.78 is 0. The van der Waals surface area contributed by atoms with Gasteiger partial charge in [0.05, 0.1) is 9.75 Å². The molecule has 0 atom stereocenters. The molecule has 6 heteroatoms. The predicted octanol–water partition coefficient (Wildman–Crippen LogP) is 3.48. The van der Waals surface area contributed by atoms with Gasteiger partial charge in [-0.3, -0.25) is 9.59 Å². The molecule has 0 saturated heterocycles. The van der Waals surface area contributed by atoms with E-state index in [4.69, 9.17) is 0 Å². The largest absolute Gasteiger partial charge is 0.354 e. The summed E-state index contributed by atoms with van der Waals surface area (Å²) in [5.41, 5.74) is 0. The first-order valence-electron chi connectivity index (χ1n) is 7.17. The van der Waals surface area contributed by atoms with Crippen molar-refractivity contribution in [3.05, 3.63) is 43.8 Å². The predicted molar refractivity (Wildman–Crippen MR) is 94.2 cm³/mol. The average molecular weight is 338 g/mol. The van der Waals surface area contributed by atoms with Gasteiger partial charge in [-0.15, -0.1) is 22.7 Å². The van der Waals surface area contributed by atoms with Gasteiger partial charge in [0.1, 0.15) is 0 Å². The maximum Gasteiger partial charge on any atom is 0.261 e. The van der Waals surface area contributed by atoms with Gasteiger partial charge in [-0.25, -0.2) is 0 Å². The van der Waals surface area contributed by atoms with Gasteiger partial charge in [0.2, 0.25) is 0 Å². The SMILES string of the molecule is CCNC(=O)c1ccc(CC)s1.CNC(=O)c1ccc(C)s1. The molecule has 120 valence electrons. The fourth-order valence-electron chi connectivity index (χ4n) is 1.62. The number of carbonyl (C=O) groups excluding carboxylic acids is 2. The van der Waals surface area contributed by atoms with E-state index in [1.807, 2.05) is 38.1 Å². The minimum atomic E-state index is -0.00176. The summed E-state index contributed by atoms with van der Waals surface area (Å²) in [5.74, 6) is 0.0419. The Hall–Kier alpha value is -1.66. The van der Waals surface area contributed by atoms with E-state index in [1.165, 1.54) is 21.1 Å². The summed E-state index contributed by atoms with van der Waals surface area (Å²) in [6, 6.07) is 7.66. The summed E-state index contributed by atoms with van der Waals surface area (Å²) in [7, 11) is 1.64. The number of carbonyl (C=O) groups is 2. The standard InChI is InChI=1S/C9H13NOS.C7H9NOS/c1-3-7-5-6-8(12-7)9(11)10-4-2;1-5-3-4-6(10-5)7(9)8-2/h5-6H,3-4H2,1-2H3,(H,10,11);3-4H,1-2H3,(H,8,9). The van der Waals surface area contributed by atoms with Gasteiger partial charge in [0.25, 0.3) is 11.8 Å². The second-order valence-corrected chi connectivity index (χ2v) is 6.92. The van der Waals surface area contributed by atoms with Gasteiger partial charge in [0, 0.05) is 23.3 Å². The number of thiophene rings is 2. The molecule has 2 aromatic heterocycles. The van der Waals surface area contributed by atoms with Crippen LogP contribution in [0, 0.1) is 6.92 Å². The van der Waals surface area contributed by atoms with Crippen LogP contribution in [-0.2, 0) is 6.42 Å². The zero-order valence-electron chi connectivity index (χ0n) is 13.4. The van der Waals surface area contributed by atoms with E-state index < -0.39 is 0 Å². The highest BCUT2D eigenvalue weighted by Crippen LogP contribution is 2.16. The van der Waals surface area contributed by atoms with Crippen LogP contribution in [0.15, 0.2) is 24.3 Å². The maximum atomic E-state index is 11.3. The van der Waals surface area contributed by atoms with Crippen LogP contribution >= 0.6 is 22.7 Å². The van der Waals surface area contributed by atoms with E-state index >= 15 is 0 Å². The van der Waals surface area contributed by atoms with Crippen molar-refractivity contribution in [3.63, 3.8) is 0 Å².